The third kappa shape index (κ3) is 4.95. The SMILES string of the molecule is O=c1c2ccccc2c2c(-c3cccc4oc5ccc(-c6cccc(-c7ccc8c(c7)c7ccccc7n8-c7ccccc7)c6)cc5c34)ccc3nc(-c4ccccc4)n1c32. The van der Waals surface area contributed by atoms with E-state index in [1.165, 1.54) is 27.4 Å². The maximum Gasteiger partial charge on any atom is 0.264 e. The zero-order chi connectivity index (χ0) is 40.2. The van der Waals surface area contributed by atoms with Crippen molar-refractivity contribution in [3.63, 3.8) is 0 Å². The molecule has 0 fully saturated rings. The van der Waals surface area contributed by atoms with Gasteiger partial charge in [-0.15, -0.1) is 0 Å². The Balaban J connectivity index is 0.980. The smallest absolute Gasteiger partial charge is 0.264 e. The molecule has 0 saturated heterocycles. The van der Waals surface area contributed by atoms with Gasteiger partial charge in [-0.2, -0.15) is 0 Å². The Labute approximate surface area is 349 Å². The van der Waals surface area contributed by atoms with Gasteiger partial charge in [-0.05, 0) is 105 Å². The summed E-state index contributed by atoms with van der Waals surface area (Å²) in [5.41, 5.74) is 14.2. The number of furan rings is 1. The fraction of sp³-hybridized carbons (Fsp3) is 0. The second kappa shape index (κ2) is 12.9. The maximum absolute atomic E-state index is 14.3. The number of imidazole rings is 1. The first-order valence-electron chi connectivity index (χ1n) is 20.6. The minimum atomic E-state index is -0.0701. The van der Waals surface area contributed by atoms with Crippen LogP contribution in [0, 0.1) is 0 Å². The minimum Gasteiger partial charge on any atom is -0.456 e. The number of fused-ring (bicyclic) bond motifs is 8. The molecular formula is C56H33N3O2. The van der Waals surface area contributed by atoms with Gasteiger partial charge in [0.25, 0.3) is 5.56 Å². The molecule has 0 spiro atoms. The van der Waals surface area contributed by atoms with Crippen molar-refractivity contribution in [3.8, 4) is 50.5 Å². The zero-order valence-corrected chi connectivity index (χ0v) is 32.7. The molecule has 0 saturated carbocycles. The van der Waals surface area contributed by atoms with Crippen molar-refractivity contribution in [2.24, 2.45) is 0 Å². The molecule has 61 heavy (non-hydrogen) atoms. The fourth-order valence-corrected chi connectivity index (χ4v) is 9.77. The van der Waals surface area contributed by atoms with Gasteiger partial charge in [0.05, 0.1) is 22.1 Å². The molecule has 4 heterocycles. The fourth-order valence-electron chi connectivity index (χ4n) is 9.77. The first-order valence-corrected chi connectivity index (χ1v) is 20.6. The van der Waals surface area contributed by atoms with Crippen molar-refractivity contribution in [1.29, 1.82) is 0 Å². The summed E-state index contributed by atoms with van der Waals surface area (Å²) in [6, 6.07) is 69.8. The highest BCUT2D eigenvalue weighted by molar-refractivity contribution is 6.22. The number of pyridine rings is 1. The number of aromatic nitrogens is 3. The molecule has 5 heteroatoms. The van der Waals surface area contributed by atoms with Gasteiger partial charge < -0.3 is 8.98 Å². The predicted molar refractivity (Wildman–Crippen MR) is 251 cm³/mol. The van der Waals surface area contributed by atoms with E-state index in [2.05, 4.69) is 144 Å². The number of rotatable bonds is 5. The molecule has 0 N–H and O–H groups in total. The zero-order valence-electron chi connectivity index (χ0n) is 32.7. The van der Waals surface area contributed by atoms with Crippen molar-refractivity contribution in [2.75, 3.05) is 0 Å². The monoisotopic (exact) mass is 779 g/mol. The Morgan fingerprint density at radius 1 is 0.410 bits per heavy atom. The first-order chi connectivity index (χ1) is 30.2. The second-order valence-electron chi connectivity index (χ2n) is 15.8. The topological polar surface area (TPSA) is 52.4 Å². The molecular weight excluding hydrogens is 747 g/mol. The molecule has 4 aromatic heterocycles. The highest BCUT2D eigenvalue weighted by Crippen LogP contribution is 2.44. The van der Waals surface area contributed by atoms with E-state index in [0.29, 0.717) is 11.2 Å². The molecule has 5 nitrogen and oxygen atoms in total. The summed E-state index contributed by atoms with van der Waals surface area (Å²) in [6.07, 6.45) is 0. The lowest BCUT2D eigenvalue weighted by Gasteiger charge is -2.12. The predicted octanol–water partition coefficient (Wildman–Crippen LogP) is 14.1. The van der Waals surface area contributed by atoms with E-state index in [1.54, 1.807) is 0 Å². The molecule has 0 atom stereocenters. The van der Waals surface area contributed by atoms with Crippen molar-refractivity contribution >= 4 is 70.9 Å². The molecule has 0 amide bonds. The average Bonchev–Trinajstić information content (AvgIpc) is 4.01. The van der Waals surface area contributed by atoms with Gasteiger partial charge >= 0.3 is 0 Å². The summed E-state index contributed by atoms with van der Waals surface area (Å²) < 4.78 is 10.7. The number of para-hydroxylation sites is 2. The maximum atomic E-state index is 14.3. The van der Waals surface area contributed by atoms with E-state index >= 15 is 0 Å². The summed E-state index contributed by atoms with van der Waals surface area (Å²) in [5.74, 6) is 0.645. The van der Waals surface area contributed by atoms with E-state index < -0.39 is 0 Å². The summed E-state index contributed by atoms with van der Waals surface area (Å²) >= 11 is 0. The summed E-state index contributed by atoms with van der Waals surface area (Å²) in [6.45, 7) is 0. The van der Waals surface area contributed by atoms with Gasteiger partial charge in [0.2, 0.25) is 0 Å². The molecule has 284 valence electrons. The first kappa shape index (κ1) is 33.7. The van der Waals surface area contributed by atoms with Crippen LogP contribution in [0.1, 0.15) is 0 Å². The Morgan fingerprint density at radius 3 is 1.85 bits per heavy atom. The van der Waals surface area contributed by atoms with Crippen LogP contribution in [0.15, 0.2) is 209 Å². The van der Waals surface area contributed by atoms with Gasteiger partial charge in [0.15, 0.2) is 0 Å². The molecule has 0 unspecified atom stereocenters. The van der Waals surface area contributed by atoms with E-state index in [1.807, 2.05) is 65.1 Å². The van der Waals surface area contributed by atoms with E-state index in [-0.39, 0.29) is 5.56 Å². The number of hydrogen-bond donors (Lipinski definition) is 0. The Kier molecular flexibility index (Phi) is 7.10. The average molecular weight is 780 g/mol. The van der Waals surface area contributed by atoms with Crippen LogP contribution in [0.3, 0.4) is 0 Å². The lowest BCUT2D eigenvalue weighted by atomic mass is 9.92. The second-order valence-corrected chi connectivity index (χ2v) is 15.8. The Hall–Kier alpha value is -8.28. The number of nitrogens with zero attached hydrogens (tertiary/aromatic N) is 3. The van der Waals surface area contributed by atoms with Crippen molar-refractivity contribution in [2.45, 2.75) is 0 Å². The van der Waals surface area contributed by atoms with Crippen LogP contribution in [-0.4, -0.2) is 14.0 Å². The van der Waals surface area contributed by atoms with Crippen molar-refractivity contribution in [3.05, 3.63) is 211 Å². The van der Waals surface area contributed by atoms with Gasteiger partial charge in [0.1, 0.15) is 17.0 Å². The Morgan fingerprint density at radius 2 is 1.03 bits per heavy atom. The highest BCUT2D eigenvalue weighted by atomic mass is 16.3. The van der Waals surface area contributed by atoms with Gasteiger partial charge in [-0.1, -0.05) is 133 Å². The molecule has 13 rings (SSSR count). The number of benzene rings is 9. The van der Waals surface area contributed by atoms with Gasteiger partial charge in [-0.3, -0.25) is 9.20 Å². The van der Waals surface area contributed by atoms with Crippen molar-refractivity contribution in [1.82, 2.24) is 14.0 Å². The van der Waals surface area contributed by atoms with Crippen LogP contribution in [0.2, 0.25) is 0 Å². The van der Waals surface area contributed by atoms with Gasteiger partial charge in [0, 0.05) is 43.6 Å². The third-order valence-corrected chi connectivity index (χ3v) is 12.5. The van der Waals surface area contributed by atoms with Gasteiger partial charge in [-0.25, -0.2) is 4.98 Å². The minimum absolute atomic E-state index is 0.0701. The lowest BCUT2D eigenvalue weighted by Crippen LogP contribution is -2.14. The molecule has 13 aromatic rings. The summed E-state index contributed by atoms with van der Waals surface area (Å²) in [5, 5.41) is 7.10. The molecule has 0 radical (unpaired) electrons. The van der Waals surface area contributed by atoms with Crippen LogP contribution in [0.4, 0.5) is 0 Å². The number of hydrogen-bond acceptors (Lipinski definition) is 3. The molecule has 0 aliphatic heterocycles. The van der Waals surface area contributed by atoms with Crippen molar-refractivity contribution < 1.29 is 4.42 Å². The third-order valence-electron chi connectivity index (χ3n) is 12.5. The Bertz CT molecular complexity index is 3950. The van der Waals surface area contributed by atoms with Crippen LogP contribution in [-0.2, 0) is 0 Å². The van der Waals surface area contributed by atoms with Crippen LogP contribution in [0.5, 0.6) is 0 Å². The summed E-state index contributed by atoms with van der Waals surface area (Å²) in [4.78, 5) is 19.4. The molecule has 9 aromatic carbocycles. The molecule has 0 bridgehead atoms. The van der Waals surface area contributed by atoms with E-state index in [4.69, 9.17) is 9.40 Å². The van der Waals surface area contributed by atoms with Crippen LogP contribution >= 0.6 is 0 Å². The normalized spacial score (nSPS) is 12.0. The van der Waals surface area contributed by atoms with E-state index in [9.17, 15) is 4.79 Å². The largest absolute Gasteiger partial charge is 0.456 e. The molecule has 0 aliphatic rings. The summed E-state index contributed by atoms with van der Waals surface area (Å²) in [7, 11) is 0. The van der Waals surface area contributed by atoms with Crippen LogP contribution in [0.25, 0.3) is 121 Å². The standard InChI is InChI=1S/C56H33N3O2/c60-56-44-21-8-7-20-42(44)53-43(27-28-47-54(53)59(56)55(57-47)34-13-3-1-4-14-34)41-22-12-24-51-52(41)46-33-38(26-30-50(46)61-51)36-16-11-15-35(31-36)37-25-29-49-45(32-37)40-19-9-10-23-48(40)58(49)39-17-5-2-6-18-39/h1-33H. The quantitative estimate of drug-likeness (QED) is 0.164. The highest BCUT2D eigenvalue weighted by Gasteiger charge is 2.23. The molecule has 0 aliphatic carbocycles. The lowest BCUT2D eigenvalue weighted by molar-refractivity contribution is 0.669. The van der Waals surface area contributed by atoms with E-state index in [0.717, 1.165) is 82.8 Å². The van der Waals surface area contributed by atoms with Crippen LogP contribution < -0.4 is 5.56 Å².